The van der Waals surface area contributed by atoms with E-state index < -0.39 is 0 Å². The largest absolute Gasteiger partial charge is 0.351 e. The van der Waals surface area contributed by atoms with Crippen LogP contribution in [-0.4, -0.2) is 11.4 Å². The lowest BCUT2D eigenvalue weighted by molar-refractivity contribution is -0.122. The van der Waals surface area contributed by atoms with Gasteiger partial charge in [-0.15, -0.1) is 0 Å². The van der Waals surface area contributed by atoms with Gasteiger partial charge in [-0.2, -0.15) is 0 Å². The second-order valence-corrected chi connectivity index (χ2v) is 6.47. The summed E-state index contributed by atoms with van der Waals surface area (Å²) in [5.74, 6) is 0.213. The van der Waals surface area contributed by atoms with E-state index in [9.17, 15) is 4.79 Å². The van der Waals surface area contributed by atoms with Crippen molar-refractivity contribution in [3.63, 3.8) is 0 Å². The molecule has 2 nitrogen and oxygen atoms in total. The Kier molecular flexibility index (Phi) is 7.85. The summed E-state index contributed by atoms with van der Waals surface area (Å²) in [7, 11) is 0. The van der Waals surface area contributed by atoms with Gasteiger partial charge in [-0.3, -0.25) is 4.79 Å². The summed E-state index contributed by atoms with van der Waals surface area (Å²) in [4.78, 5) is 11.9. The van der Waals surface area contributed by atoms with E-state index in [0.29, 0.717) is 6.42 Å². The molecule has 0 fully saturated rings. The Morgan fingerprint density at radius 1 is 0.895 bits per heavy atom. The molecule has 19 heavy (non-hydrogen) atoms. The molecule has 0 atom stereocenters. The molecular weight excluding hydrogens is 234 g/mol. The van der Waals surface area contributed by atoms with E-state index in [-0.39, 0.29) is 11.4 Å². The van der Waals surface area contributed by atoms with Crippen molar-refractivity contribution >= 4 is 5.91 Å². The first-order valence-electron chi connectivity index (χ1n) is 8.06. The minimum absolute atomic E-state index is 0.106. The van der Waals surface area contributed by atoms with Crippen LogP contribution in [0.2, 0.25) is 0 Å². The number of allylic oxidation sites excluding steroid dienone is 1. The van der Waals surface area contributed by atoms with Crippen molar-refractivity contribution in [2.24, 2.45) is 0 Å². The van der Waals surface area contributed by atoms with Gasteiger partial charge in [0.15, 0.2) is 0 Å². The molecule has 0 aromatic heterocycles. The van der Waals surface area contributed by atoms with Gasteiger partial charge >= 0.3 is 0 Å². The van der Waals surface area contributed by atoms with Crippen LogP contribution in [0, 0.1) is 0 Å². The van der Waals surface area contributed by atoms with Crippen LogP contribution in [0.5, 0.6) is 0 Å². The first kappa shape index (κ1) is 16.3. The van der Waals surface area contributed by atoms with Crippen LogP contribution < -0.4 is 5.32 Å². The molecule has 1 aliphatic rings. The maximum absolute atomic E-state index is 11.9. The van der Waals surface area contributed by atoms with Gasteiger partial charge in [-0.1, -0.05) is 50.7 Å². The van der Waals surface area contributed by atoms with E-state index in [4.69, 9.17) is 0 Å². The molecule has 1 amide bonds. The molecule has 0 saturated carbocycles. The molecule has 1 N–H and O–H groups in total. The van der Waals surface area contributed by atoms with Crippen molar-refractivity contribution < 1.29 is 4.79 Å². The number of hydrogen-bond donors (Lipinski definition) is 1. The monoisotopic (exact) mass is 265 g/mol. The molecule has 1 rings (SSSR count). The molecule has 0 unspecified atom stereocenters. The number of carbonyl (C=O) groups excluding carboxylic acids is 1. The van der Waals surface area contributed by atoms with Crippen LogP contribution in [0.4, 0.5) is 0 Å². The van der Waals surface area contributed by atoms with Crippen molar-refractivity contribution in [3.05, 3.63) is 12.2 Å². The Labute approximate surface area is 119 Å². The van der Waals surface area contributed by atoms with Gasteiger partial charge in [0.05, 0.1) is 0 Å². The van der Waals surface area contributed by atoms with Crippen LogP contribution in [0.25, 0.3) is 0 Å². The summed E-state index contributed by atoms with van der Waals surface area (Å²) in [6.45, 7) is 4.22. The summed E-state index contributed by atoms with van der Waals surface area (Å²) < 4.78 is 0. The van der Waals surface area contributed by atoms with Crippen molar-refractivity contribution in [2.45, 2.75) is 90.0 Å². The lowest BCUT2D eigenvalue weighted by Crippen LogP contribution is -2.42. The lowest BCUT2D eigenvalue weighted by atomic mass is 9.98. The molecule has 110 valence electrons. The van der Waals surface area contributed by atoms with Crippen molar-refractivity contribution in [1.29, 1.82) is 0 Å². The number of amides is 1. The molecule has 1 heterocycles. The molecule has 2 heteroatoms. The fraction of sp³-hybridized carbons (Fsp3) is 0.824. The Bertz CT molecular complexity index is 281. The van der Waals surface area contributed by atoms with Gasteiger partial charge in [0.2, 0.25) is 5.91 Å². The Balaban J connectivity index is 2.41. The zero-order valence-electron chi connectivity index (χ0n) is 12.8. The normalized spacial score (nSPS) is 25.5. The molecular formula is C17H31NO. The SMILES string of the molecule is CC1(C)C/C=C/CCCCCCCCCCC(=O)N1. The van der Waals surface area contributed by atoms with Crippen LogP contribution >= 0.6 is 0 Å². The fourth-order valence-corrected chi connectivity index (χ4v) is 2.60. The van der Waals surface area contributed by atoms with Gasteiger partial charge < -0.3 is 5.32 Å². The van der Waals surface area contributed by atoms with E-state index in [2.05, 4.69) is 31.3 Å². The summed E-state index contributed by atoms with van der Waals surface area (Å²) in [6, 6.07) is 0. The third-order valence-corrected chi connectivity index (χ3v) is 3.80. The maximum atomic E-state index is 11.9. The number of nitrogens with one attached hydrogen (secondary N) is 1. The average molecular weight is 265 g/mol. The van der Waals surface area contributed by atoms with Gasteiger partial charge in [-0.25, -0.2) is 0 Å². The lowest BCUT2D eigenvalue weighted by Gasteiger charge is -2.25. The minimum atomic E-state index is -0.106. The maximum Gasteiger partial charge on any atom is 0.220 e. The predicted octanol–water partition coefficient (Wildman–Crippen LogP) is 4.74. The highest BCUT2D eigenvalue weighted by Crippen LogP contribution is 2.14. The van der Waals surface area contributed by atoms with Gasteiger partial charge in [0.1, 0.15) is 0 Å². The second-order valence-electron chi connectivity index (χ2n) is 6.47. The van der Waals surface area contributed by atoms with Crippen LogP contribution in [0.1, 0.15) is 84.5 Å². The average Bonchev–Trinajstić information content (AvgIpc) is 2.33. The topological polar surface area (TPSA) is 29.1 Å². The quantitative estimate of drug-likeness (QED) is 0.630. The first-order valence-corrected chi connectivity index (χ1v) is 8.06. The van der Waals surface area contributed by atoms with Crippen molar-refractivity contribution in [3.8, 4) is 0 Å². The Morgan fingerprint density at radius 2 is 1.47 bits per heavy atom. The molecule has 1 aliphatic heterocycles. The Hall–Kier alpha value is -0.790. The van der Waals surface area contributed by atoms with E-state index in [0.717, 1.165) is 12.8 Å². The molecule has 0 bridgehead atoms. The zero-order chi connectivity index (χ0) is 14.0. The highest BCUT2D eigenvalue weighted by molar-refractivity contribution is 5.76. The van der Waals surface area contributed by atoms with Crippen LogP contribution in [0.15, 0.2) is 12.2 Å². The summed E-state index contributed by atoms with van der Waals surface area (Å²) >= 11 is 0. The summed E-state index contributed by atoms with van der Waals surface area (Å²) in [6.07, 6.45) is 17.6. The van der Waals surface area contributed by atoms with Crippen molar-refractivity contribution in [2.75, 3.05) is 0 Å². The standard InChI is InChI=1S/C17H31NO/c1-17(2)15-13-11-9-7-5-3-4-6-8-10-12-14-16(19)18-17/h11,13H,3-10,12,14-15H2,1-2H3,(H,18,19)/b13-11+. The third kappa shape index (κ3) is 8.85. The van der Waals surface area contributed by atoms with Crippen LogP contribution in [0.3, 0.4) is 0 Å². The number of rotatable bonds is 0. The molecule has 0 radical (unpaired) electrons. The first-order chi connectivity index (χ1) is 9.10. The van der Waals surface area contributed by atoms with E-state index in [1.54, 1.807) is 0 Å². The molecule has 0 aromatic carbocycles. The zero-order valence-corrected chi connectivity index (χ0v) is 12.8. The van der Waals surface area contributed by atoms with Crippen molar-refractivity contribution in [1.82, 2.24) is 5.32 Å². The second kappa shape index (κ2) is 9.17. The van der Waals surface area contributed by atoms with Gasteiger partial charge in [0.25, 0.3) is 0 Å². The van der Waals surface area contributed by atoms with Gasteiger partial charge in [0, 0.05) is 12.0 Å². The molecule has 0 aromatic rings. The minimum Gasteiger partial charge on any atom is -0.351 e. The smallest absolute Gasteiger partial charge is 0.220 e. The summed E-state index contributed by atoms with van der Waals surface area (Å²) in [5, 5.41) is 3.15. The Morgan fingerprint density at radius 3 is 2.16 bits per heavy atom. The number of carbonyl (C=O) groups is 1. The van der Waals surface area contributed by atoms with Crippen LogP contribution in [-0.2, 0) is 4.79 Å². The third-order valence-electron chi connectivity index (χ3n) is 3.80. The van der Waals surface area contributed by atoms with E-state index in [1.807, 2.05) is 0 Å². The van der Waals surface area contributed by atoms with E-state index >= 15 is 0 Å². The van der Waals surface area contributed by atoms with E-state index in [1.165, 1.54) is 51.4 Å². The molecule has 0 spiro atoms. The summed E-state index contributed by atoms with van der Waals surface area (Å²) in [5.41, 5.74) is -0.106. The molecule has 0 saturated heterocycles. The highest BCUT2D eigenvalue weighted by atomic mass is 16.1. The fourth-order valence-electron chi connectivity index (χ4n) is 2.60. The van der Waals surface area contributed by atoms with Gasteiger partial charge in [-0.05, 0) is 39.5 Å². The predicted molar refractivity (Wildman–Crippen MR) is 82.1 cm³/mol. The number of hydrogen-bond acceptors (Lipinski definition) is 1. The highest BCUT2D eigenvalue weighted by Gasteiger charge is 2.18. The molecule has 0 aliphatic carbocycles.